The third-order valence-electron chi connectivity index (χ3n) is 2.45. The second-order valence-corrected chi connectivity index (χ2v) is 3.68. The van der Waals surface area contributed by atoms with Gasteiger partial charge in [-0.05, 0) is 24.5 Å². The molecule has 0 fully saturated rings. The predicted octanol–water partition coefficient (Wildman–Crippen LogP) is 2.94. The first-order valence-electron chi connectivity index (χ1n) is 5.41. The highest BCUT2D eigenvalue weighted by Gasteiger charge is 2.18. The molecule has 4 nitrogen and oxygen atoms in total. The first-order chi connectivity index (χ1) is 8.27. The van der Waals surface area contributed by atoms with E-state index in [4.69, 9.17) is 0 Å². The molecule has 0 bridgehead atoms. The van der Waals surface area contributed by atoms with Crippen molar-refractivity contribution in [3.63, 3.8) is 0 Å². The van der Waals surface area contributed by atoms with Crippen LogP contribution in [0.4, 0.5) is 0 Å². The number of hydrogen-bond donors (Lipinski definition) is 0. The summed E-state index contributed by atoms with van der Waals surface area (Å²) in [4.78, 5) is 14.6. The van der Waals surface area contributed by atoms with Gasteiger partial charge in [-0.25, -0.2) is 4.99 Å². The maximum Gasteiger partial charge on any atom is 0.290 e. The van der Waals surface area contributed by atoms with Crippen LogP contribution in [0, 0.1) is 10.1 Å². The highest BCUT2D eigenvalue weighted by molar-refractivity contribution is 5.80. The number of rotatable bonds is 3. The zero-order valence-electron chi connectivity index (χ0n) is 9.24. The molecule has 0 spiro atoms. The van der Waals surface area contributed by atoms with Crippen molar-refractivity contribution < 1.29 is 4.92 Å². The lowest BCUT2D eigenvalue weighted by molar-refractivity contribution is -0.421. The van der Waals surface area contributed by atoms with E-state index in [-0.39, 0.29) is 10.6 Å². The molecule has 0 saturated heterocycles. The van der Waals surface area contributed by atoms with Crippen molar-refractivity contribution in [3.8, 4) is 0 Å². The lowest BCUT2D eigenvalue weighted by atomic mass is 10.1. The van der Waals surface area contributed by atoms with E-state index >= 15 is 0 Å². The lowest BCUT2D eigenvalue weighted by Gasteiger charge is -2.04. The summed E-state index contributed by atoms with van der Waals surface area (Å²) in [5.74, 6) is 0. The van der Waals surface area contributed by atoms with E-state index in [1.165, 1.54) is 0 Å². The van der Waals surface area contributed by atoms with Crippen molar-refractivity contribution >= 4 is 6.21 Å². The van der Waals surface area contributed by atoms with Crippen molar-refractivity contribution in [2.45, 2.75) is 12.8 Å². The highest BCUT2D eigenvalue weighted by Crippen LogP contribution is 2.20. The van der Waals surface area contributed by atoms with Gasteiger partial charge < -0.3 is 0 Å². The summed E-state index contributed by atoms with van der Waals surface area (Å²) in [6, 6.07) is 9.53. The molecule has 0 unspecified atom stereocenters. The molecule has 0 atom stereocenters. The number of hydrogen-bond acceptors (Lipinski definition) is 3. The predicted molar refractivity (Wildman–Crippen MR) is 66.4 cm³/mol. The number of aliphatic imine (C=N–C) groups is 1. The van der Waals surface area contributed by atoms with E-state index < -0.39 is 0 Å². The van der Waals surface area contributed by atoms with Crippen LogP contribution in [0.3, 0.4) is 0 Å². The maximum absolute atomic E-state index is 10.8. The molecule has 1 aliphatic rings. The highest BCUT2D eigenvalue weighted by atomic mass is 16.6. The molecule has 0 aliphatic heterocycles. The van der Waals surface area contributed by atoms with Gasteiger partial charge in [-0.1, -0.05) is 36.4 Å². The van der Waals surface area contributed by atoms with Crippen molar-refractivity contribution in [2.24, 2.45) is 4.99 Å². The first-order valence-corrected chi connectivity index (χ1v) is 5.41. The van der Waals surface area contributed by atoms with Gasteiger partial charge >= 0.3 is 0 Å². The fourth-order valence-corrected chi connectivity index (χ4v) is 1.62. The van der Waals surface area contributed by atoms with Crippen LogP contribution in [-0.2, 0) is 0 Å². The summed E-state index contributed by atoms with van der Waals surface area (Å²) >= 11 is 0. The smallest absolute Gasteiger partial charge is 0.258 e. The molecule has 0 N–H and O–H groups in total. The fourth-order valence-electron chi connectivity index (χ4n) is 1.62. The van der Waals surface area contributed by atoms with Crippen molar-refractivity contribution in [3.05, 3.63) is 69.6 Å². The maximum atomic E-state index is 10.8. The van der Waals surface area contributed by atoms with Gasteiger partial charge in [0.2, 0.25) is 0 Å². The third kappa shape index (κ3) is 2.87. The van der Waals surface area contributed by atoms with Crippen LogP contribution in [0.5, 0.6) is 0 Å². The van der Waals surface area contributed by atoms with Crippen molar-refractivity contribution in [1.82, 2.24) is 0 Å². The van der Waals surface area contributed by atoms with Crippen LogP contribution in [-0.4, -0.2) is 11.1 Å². The van der Waals surface area contributed by atoms with Crippen LogP contribution < -0.4 is 0 Å². The summed E-state index contributed by atoms with van der Waals surface area (Å²) in [6.45, 7) is 0. The molecule has 4 heteroatoms. The summed E-state index contributed by atoms with van der Waals surface area (Å²) in [5.41, 5.74) is 1.48. The Morgan fingerprint density at radius 3 is 2.59 bits per heavy atom. The van der Waals surface area contributed by atoms with Crippen LogP contribution >= 0.6 is 0 Å². The topological polar surface area (TPSA) is 55.5 Å². The number of allylic oxidation sites excluding steroid dienone is 2. The fraction of sp³-hybridized carbons (Fsp3) is 0.154. The Morgan fingerprint density at radius 2 is 1.88 bits per heavy atom. The first kappa shape index (κ1) is 11.3. The zero-order valence-corrected chi connectivity index (χ0v) is 9.24. The van der Waals surface area contributed by atoms with E-state index in [2.05, 4.69) is 4.99 Å². The summed E-state index contributed by atoms with van der Waals surface area (Å²) in [6.07, 6.45) is 6.59. The van der Waals surface area contributed by atoms with Gasteiger partial charge in [0.05, 0.1) is 4.92 Å². The normalized spacial score (nSPS) is 15.5. The van der Waals surface area contributed by atoms with E-state index in [9.17, 15) is 10.1 Å². The molecule has 1 aliphatic carbocycles. The Labute approximate surface area is 99.1 Å². The van der Waals surface area contributed by atoms with Gasteiger partial charge in [-0.3, -0.25) is 10.1 Å². The molecule has 17 heavy (non-hydrogen) atoms. The molecule has 0 radical (unpaired) electrons. The van der Waals surface area contributed by atoms with E-state index in [0.717, 1.165) is 12.0 Å². The van der Waals surface area contributed by atoms with Gasteiger partial charge in [0.15, 0.2) is 0 Å². The quantitative estimate of drug-likeness (QED) is 0.453. The van der Waals surface area contributed by atoms with Crippen LogP contribution in [0.15, 0.2) is 58.9 Å². The molecule has 1 aromatic carbocycles. The van der Waals surface area contributed by atoms with E-state index in [1.807, 2.05) is 30.3 Å². The molecule has 0 heterocycles. The Bertz CT molecular complexity index is 501. The van der Waals surface area contributed by atoms with Crippen LogP contribution in [0.25, 0.3) is 0 Å². The Kier molecular flexibility index (Phi) is 3.45. The third-order valence-corrected chi connectivity index (χ3v) is 2.45. The van der Waals surface area contributed by atoms with Gasteiger partial charge in [0.1, 0.15) is 5.70 Å². The van der Waals surface area contributed by atoms with Crippen LogP contribution in [0.1, 0.15) is 18.4 Å². The molecular weight excluding hydrogens is 216 g/mol. The molecule has 0 amide bonds. The average molecular weight is 228 g/mol. The summed E-state index contributed by atoms with van der Waals surface area (Å²) in [5, 5.41) is 10.8. The number of benzene rings is 1. The van der Waals surface area contributed by atoms with Gasteiger partial charge in [-0.2, -0.15) is 0 Å². The molecule has 0 aromatic heterocycles. The van der Waals surface area contributed by atoms with Crippen LogP contribution in [0.2, 0.25) is 0 Å². The minimum atomic E-state index is -0.382. The van der Waals surface area contributed by atoms with Gasteiger partial charge in [0, 0.05) is 6.21 Å². The molecule has 1 aromatic rings. The van der Waals surface area contributed by atoms with E-state index in [0.29, 0.717) is 12.1 Å². The number of nitro groups is 1. The Morgan fingerprint density at radius 1 is 1.18 bits per heavy atom. The minimum Gasteiger partial charge on any atom is -0.258 e. The van der Waals surface area contributed by atoms with Crippen molar-refractivity contribution in [2.75, 3.05) is 0 Å². The average Bonchev–Trinajstić information content (AvgIpc) is 2.38. The Balaban J connectivity index is 2.18. The molecular formula is C13H12N2O2. The molecule has 0 saturated carbocycles. The minimum absolute atomic E-state index is 0.100. The largest absolute Gasteiger partial charge is 0.290 e. The monoisotopic (exact) mass is 228 g/mol. The SMILES string of the molecule is O=[N+]([O-])C1=CCCC=C1N=Cc1ccccc1. The molecule has 86 valence electrons. The Hall–Kier alpha value is -2.23. The summed E-state index contributed by atoms with van der Waals surface area (Å²) < 4.78 is 0. The second-order valence-electron chi connectivity index (χ2n) is 3.68. The summed E-state index contributed by atoms with van der Waals surface area (Å²) in [7, 11) is 0. The number of nitrogens with zero attached hydrogens (tertiary/aromatic N) is 2. The van der Waals surface area contributed by atoms with Gasteiger partial charge in [-0.15, -0.1) is 0 Å². The standard InChI is InChI=1S/C13H12N2O2/c16-15(17)13-9-5-4-8-12(13)14-10-11-6-2-1-3-7-11/h1-3,6-10H,4-5H2. The lowest BCUT2D eigenvalue weighted by Crippen LogP contribution is -2.04. The zero-order chi connectivity index (χ0) is 12.1. The molecule has 2 rings (SSSR count). The van der Waals surface area contributed by atoms with Crippen molar-refractivity contribution in [1.29, 1.82) is 0 Å². The van der Waals surface area contributed by atoms with E-state index in [1.54, 1.807) is 18.4 Å². The van der Waals surface area contributed by atoms with Gasteiger partial charge in [0.25, 0.3) is 5.70 Å². The second kappa shape index (κ2) is 5.21.